The molecule has 1 aromatic carbocycles. The van der Waals surface area contributed by atoms with Gasteiger partial charge in [-0.25, -0.2) is 4.98 Å². The van der Waals surface area contributed by atoms with Crippen molar-refractivity contribution in [3.63, 3.8) is 0 Å². The predicted molar refractivity (Wildman–Crippen MR) is 96.5 cm³/mol. The maximum absolute atomic E-state index is 12.1. The molecule has 0 aliphatic carbocycles. The van der Waals surface area contributed by atoms with Gasteiger partial charge in [-0.05, 0) is 49.7 Å². The van der Waals surface area contributed by atoms with E-state index in [9.17, 15) is 4.79 Å². The minimum absolute atomic E-state index is 0.0230. The van der Waals surface area contributed by atoms with Gasteiger partial charge in [-0.2, -0.15) is 0 Å². The van der Waals surface area contributed by atoms with Crippen molar-refractivity contribution in [2.45, 2.75) is 20.4 Å². The van der Waals surface area contributed by atoms with E-state index < -0.39 is 0 Å². The normalized spacial score (nSPS) is 10.8. The molecule has 0 fully saturated rings. The second-order valence-corrected chi connectivity index (χ2v) is 6.21. The molecular formula is C19H22N4O. The zero-order chi connectivity index (χ0) is 17.3. The first-order valence-electron chi connectivity index (χ1n) is 7.95. The quantitative estimate of drug-likeness (QED) is 0.802. The number of fused-ring (bicyclic) bond motifs is 1. The minimum Gasteiger partial charge on any atom is -0.379 e. The summed E-state index contributed by atoms with van der Waals surface area (Å²) >= 11 is 0. The third kappa shape index (κ3) is 3.11. The van der Waals surface area contributed by atoms with Crippen molar-refractivity contribution in [3.05, 3.63) is 65.1 Å². The fourth-order valence-corrected chi connectivity index (χ4v) is 2.73. The minimum atomic E-state index is 0.0230. The molecule has 2 heterocycles. The number of carbonyl (C=O) groups excluding carboxylic acids is 1. The van der Waals surface area contributed by atoms with E-state index in [1.54, 1.807) is 19.0 Å². The van der Waals surface area contributed by atoms with Crippen LogP contribution in [0.5, 0.6) is 0 Å². The van der Waals surface area contributed by atoms with E-state index in [1.807, 2.05) is 37.3 Å². The molecule has 1 amide bonds. The van der Waals surface area contributed by atoms with Crippen LogP contribution < -0.4 is 5.32 Å². The number of nitrogens with zero attached hydrogens (tertiary/aromatic N) is 3. The highest BCUT2D eigenvalue weighted by atomic mass is 16.2. The van der Waals surface area contributed by atoms with Gasteiger partial charge in [-0.1, -0.05) is 6.07 Å². The molecule has 24 heavy (non-hydrogen) atoms. The summed E-state index contributed by atoms with van der Waals surface area (Å²) in [7, 11) is 3.53. The molecule has 3 rings (SSSR count). The summed E-state index contributed by atoms with van der Waals surface area (Å²) in [5.41, 5.74) is 5.77. The number of aryl methyl sites for hydroxylation is 2. The molecule has 2 aromatic heterocycles. The second kappa shape index (κ2) is 6.35. The van der Waals surface area contributed by atoms with Crippen LogP contribution >= 0.6 is 0 Å². The van der Waals surface area contributed by atoms with Crippen LogP contribution in [0.2, 0.25) is 0 Å². The number of anilines is 1. The molecule has 3 aromatic rings. The Labute approximate surface area is 141 Å². The standard InChI is InChI=1S/C19H22N4O/c1-13-10-15(8-9-17(13)19(24)22(3)4)20-11-16-12-23-14(2)6-5-7-18(23)21-16/h5-10,12,20H,11H2,1-4H3. The number of rotatable bonds is 4. The van der Waals surface area contributed by atoms with Crippen LogP contribution in [0.1, 0.15) is 27.3 Å². The SMILES string of the molecule is Cc1cc(NCc2cn3c(C)cccc3n2)ccc1C(=O)N(C)C. The van der Waals surface area contributed by atoms with Crippen LogP contribution in [0.4, 0.5) is 5.69 Å². The number of nitrogens with one attached hydrogen (secondary N) is 1. The van der Waals surface area contributed by atoms with Gasteiger partial charge in [0.2, 0.25) is 0 Å². The molecule has 1 N–H and O–H groups in total. The summed E-state index contributed by atoms with van der Waals surface area (Å²) < 4.78 is 2.08. The molecule has 0 aliphatic heterocycles. The molecule has 0 bridgehead atoms. The fourth-order valence-electron chi connectivity index (χ4n) is 2.73. The van der Waals surface area contributed by atoms with Gasteiger partial charge in [0, 0.05) is 37.2 Å². The molecule has 0 atom stereocenters. The van der Waals surface area contributed by atoms with Gasteiger partial charge in [0.05, 0.1) is 12.2 Å². The Morgan fingerprint density at radius 3 is 2.67 bits per heavy atom. The van der Waals surface area contributed by atoms with Crippen LogP contribution in [0.3, 0.4) is 0 Å². The van der Waals surface area contributed by atoms with Crippen molar-refractivity contribution in [1.82, 2.24) is 14.3 Å². The van der Waals surface area contributed by atoms with E-state index in [-0.39, 0.29) is 5.91 Å². The van der Waals surface area contributed by atoms with Gasteiger partial charge in [-0.15, -0.1) is 0 Å². The molecule has 0 saturated heterocycles. The molecular weight excluding hydrogens is 300 g/mol. The van der Waals surface area contributed by atoms with Crippen LogP contribution in [-0.2, 0) is 6.54 Å². The largest absolute Gasteiger partial charge is 0.379 e. The second-order valence-electron chi connectivity index (χ2n) is 6.21. The lowest BCUT2D eigenvalue weighted by molar-refractivity contribution is 0.0827. The van der Waals surface area contributed by atoms with E-state index >= 15 is 0 Å². The number of carbonyl (C=O) groups is 1. The first kappa shape index (κ1) is 16.1. The van der Waals surface area contributed by atoms with E-state index in [0.717, 1.165) is 33.8 Å². The highest BCUT2D eigenvalue weighted by Gasteiger charge is 2.11. The van der Waals surface area contributed by atoms with Gasteiger partial charge in [0.15, 0.2) is 0 Å². The summed E-state index contributed by atoms with van der Waals surface area (Å²) in [6.45, 7) is 4.66. The van der Waals surface area contributed by atoms with Gasteiger partial charge in [0.1, 0.15) is 5.65 Å². The lowest BCUT2D eigenvalue weighted by Crippen LogP contribution is -2.22. The topological polar surface area (TPSA) is 49.6 Å². The van der Waals surface area contributed by atoms with E-state index in [1.165, 1.54) is 0 Å². The summed E-state index contributed by atoms with van der Waals surface area (Å²) in [6.07, 6.45) is 2.05. The molecule has 0 aliphatic rings. The number of amides is 1. The van der Waals surface area contributed by atoms with Gasteiger partial charge in [-0.3, -0.25) is 4.79 Å². The molecule has 0 spiro atoms. The molecule has 0 unspecified atom stereocenters. The van der Waals surface area contributed by atoms with Crippen molar-refractivity contribution in [2.75, 3.05) is 19.4 Å². The number of imidazole rings is 1. The van der Waals surface area contributed by atoms with E-state index in [0.29, 0.717) is 6.54 Å². The number of aromatic nitrogens is 2. The summed E-state index contributed by atoms with van der Waals surface area (Å²) in [4.78, 5) is 18.3. The molecule has 0 radical (unpaired) electrons. The summed E-state index contributed by atoms with van der Waals surface area (Å²) in [6, 6.07) is 11.9. The predicted octanol–water partition coefficient (Wildman–Crippen LogP) is 3.27. The van der Waals surface area contributed by atoms with Gasteiger partial charge < -0.3 is 14.6 Å². The van der Waals surface area contributed by atoms with Crippen molar-refractivity contribution >= 4 is 17.2 Å². The number of benzene rings is 1. The van der Waals surface area contributed by atoms with Crippen molar-refractivity contribution < 1.29 is 4.79 Å². The highest BCUT2D eigenvalue weighted by molar-refractivity contribution is 5.95. The van der Waals surface area contributed by atoms with E-state index in [4.69, 9.17) is 0 Å². The first-order chi connectivity index (χ1) is 11.5. The Balaban J connectivity index is 1.75. The monoisotopic (exact) mass is 322 g/mol. The van der Waals surface area contributed by atoms with Crippen molar-refractivity contribution in [2.24, 2.45) is 0 Å². The van der Waals surface area contributed by atoms with E-state index in [2.05, 4.69) is 33.9 Å². The third-order valence-corrected chi connectivity index (χ3v) is 4.08. The maximum Gasteiger partial charge on any atom is 0.253 e. The number of hydrogen-bond donors (Lipinski definition) is 1. The van der Waals surface area contributed by atoms with Crippen LogP contribution in [-0.4, -0.2) is 34.3 Å². The Hall–Kier alpha value is -2.82. The Morgan fingerprint density at radius 1 is 1.21 bits per heavy atom. The summed E-state index contributed by atoms with van der Waals surface area (Å²) in [5.74, 6) is 0.0230. The number of hydrogen-bond acceptors (Lipinski definition) is 3. The lowest BCUT2D eigenvalue weighted by Gasteiger charge is -2.13. The van der Waals surface area contributed by atoms with Crippen LogP contribution in [0.25, 0.3) is 5.65 Å². The average molecular weight is 322 g/mol. The third-order valence-electron chi connectivity index (χ3n) is 4.08. The van der Waals surface area contributed by atoms with Crippen molar-refractivity contribution in [3.8, 4) is 0 Å². The Bertz CT molecular complexity index is 896. The molecule has 5 nitrogen and oxygen atoms in total. The molecule has 5 heteroatoms. The first-order valence-corrected chi connectivity index (χ1v) is 7.95. The molecule has 124 valence electrons. The zero-order valence-corrected chi connectivity index (χ0v) is 14.5. The zero-order valence-electron chi connectivity index (χ0n) is 14.5. The average Bonchev–Trinajstić information content (AvgIpc) is 2.97. The Morgan fingerprint density at radius 2 is 2.00 bits per heavy atom. The lowest BCUT2D eigenvalue weighted by atomic mass is 10.1. The van der Waals surface area contributed by atoms with Gasteiger partial charge >= 0.3 is 0 Å². The Kier molecular flexibility index (Phi) is 4.25. The highest BCUT2D eigenvalue weighted by Crippen LogP contribution is 2.17. The van der Waals surface area contributed by atoms with Crippen LogP contribution in [0.15, 0.2) is 42.6 Å². The van der Waals surface area contributed by atoms with Gasteiger partial charge in [0.25, 0.3) is 5.91 Å². The number of pyridine rings is 1. The molecule has 0 saturated carbocycles. The van der Waals surface area contributed by atoms with Crippen LogP contribution in [0, 0.1) is 13.8 Å². The smallest absolute Gasteiger partial charge is 0.253 e. The summed E-state index contributed by atoms with van der Waals surface area (Å²) in [5, 5.41) is 3.38. The fraction of sp³-hybridized carbons (Fsp3) is 0.263. The van der Waals surface area contributed by atoms with Crippen molar-refractivity contribution in [1.29, 1.82) is 0 Å². The maximum atomic E-state index is 12.1.